The third-order valence-electron chi connectivity index (χ3n) is 3.39. The Hall–Kier alpha value is -2.69. The fraction of sp³-hybridized carbons (Fsp3) is 0.0625. The van der Waals surface area contributed by atoms with Gasteiger partial charge in [-0.2, -0.15) is 0 Å². The Bertz CT molecular complexity index is 868. The highest BCUT2D eigenvalue weighted by molar-refractivity contribution is 6.16. The summed E-state index contributed by atoms with van der Waals surface area (Å²) in [6, 6.07) is 7.21. The Morgan fingerprint density at radius 3 is 2.67 bits per heavy atom. The number of nitrogens with two attached hydrogens (primary N) is 1. The first-order valence-corrected chi connectivity index (χ1v) is 6.34. The number of rotatable bonds is 2. The van der Waals surface area contributed by atoms with Crippen LogP contribution in [0.25, 0.3) is 10.9 Å². The smallest absolute Gasteiger partial charge is 0.198 e. The Morgan fingerprint density at radius 2 is 1.90 bits per heavy atom. The van der Waals surface area contributed by atoms with Crippen LogP contribution < -0.4 is 5.73 Å². The molecule has 0 aliphatic rings. The minimum Gasteiger partial charge on any atom is -0.396 e. The molecule has 3 rings (SSSR count). The Labute approximate surface area is 119 Å². The molecule has 3 N–H and O–H groups in total. The number of nitrogens with one attached hydrogen (secondary N) is 1. The highest BCUT2D eigenvalue weighted by Crippen LogP contribution is 2.25. The number of aryl methyl sites for hydroxylation is 1. The number of carbonyl (C=O) groups excluding carboxylic acids is 1. The van der Waals surface area contributed by atoms with Crippen LogP contribution in [-0.2, 0) is 0 Å². The van der Waals surface area contributed by atoms with Crippen molar-refractivity contribution in [1.82, 2.24) is 4.98 Å². The average Bonchev–Trinajstić information content (AvgIpc) is 2.84. The molecular weight excluding hydrogens is 274 g/mol. The number of aromatic nitrogens is 1. The molecule has 0 aliphatic heterocycles. The standard InChI is InChI=1S/C16H12F2N2O/c1-8-2-3-10-12(7-20-14(10)4-8)16(21)11-5-9(17)6-13(19)15(11)18/h2-7,20H,19H2,1H3. The van der Waals surface area contributed by atoms with Gasteiger partial charge in [0.15, 0.2) is 11.6 Å². The molecule has 1 aromatic heterocycles. The van der Waals surface area contributed by atoms with Crippen LogP contribution in [0.1, 0.15) is 21.5 Å². The minimum absolute atomic E-state index is 0.286. The summed E-state index contributed by atoms with van der Waals surface area (Å²) < 4.78 is 27.3. The van der Waals surface area contributed by atoms with Gasteiger partial charge >= 0.3 is 0 Å². The molecule has 0 fully saturated rings. The van der Waals surface area contributed by atoms with Gasteiger partial charge < -0.3 is 10.7 Å². The Balaban J connectivity index is 2.17. The zero-order valence-electron chi connectivity index (χ0n) is 11.2. The van der Waals surface area contributed by atoms with Gasteiger partial charge in [0.25, 0.3) is 0 Å². The molecule has 0 radical (unpaired) electrons. The number of ketones is 1. The fourth-order valence-electron chi connectivity index (χ4n) is 2.35. The minimum atomic E-state index is -0.900. The summed E-state index contributed by atoms with van der Waals surface area (Å²) in [6.07, 6.45) is 1.49. The van der Waals surface area contributed by atoms with Gasteiger partial charge in [0.2, 0.25) is 0 Å². The zero-order chi connectivity index (χ0) is 15.1. The molecule has 0 unspecified atom stereocenters. The number of hydrogen-bond donors (Lipinski definition) is 2. The van der Waals surface area contributed by atoms with Gasteiger partial charge in [-0.15, -0.1) is 0 Å². The van der Waals surface area contributed by atoms with E-state index >= 15 is 0 Å². The monoisotopic (exact) mass is 286 g/mol. The van der Waals surface area contributed by atoms with Crippen molar-refractivity contribution in [2.75, 3.05) is 5.73 Å². The molecule has 2 aromatic carbocycles. The van der Waals surface area contributed by atoms with Crippen molar-refractivity contribution in [3.05, 3.63) is 64.9 Å². The van der Waals surface area contributed by atoms with E-state index in [4.69, 9.17) is 5.73 Å². The number of aromatic amines is 1. The van der Waals surface area contributed by atoms with Gasteiger partial charge in [0.05, 0.1) is 11.3 Å². The lowest BCUT2D eigenvalue weighted by Gasteiger charge is -2.05. The van der Waals surface area contributed by atoms with E-state index in [-0.39, 0.29) is 16.8 Å². The summed E-state index contributed by atoms with van der Waals surface area (Å²) >= 11 is 0. The van der Waals surface area contributed by atoms with Crippen molar-refractivity contribution >= 4 is 22.4 Å². The van der Waals surface area contributed by atoms with Gasteiger partial charge in [-0.25, -0.2) is 8.78 Å². The second kappa shape index (κ2) is 4.70. The maximum Gasteiger partial charge on any atom is 0.198 e. The molecule has 0 saturated heterocycles. The number of nitrogen functional groups attached to an aromatic ring is 1. The summed E-state index contributed by atoms with van der Waals surface area (Å²) in [5.41, 5.74) is 6.71. The summed E-state index contributed by atoms with van der Waals surface area (Å²) in [5.74, 6) is -2.25. The van der Waals surface area contributed by atoms with Crippen LogP contribution in [0.15, 0.2) is 36.5 Å². The van der Waals surface area contributed by atoms with Crippen LogP contribution in [-0.4, -0.2) is 10.8 Å². The lowest BCUT2D eigenvalue weighted by atomic mass is 10.0. The van der Waals surface area contributed by atoms with Crippen molar-refractivity contribution in [3.8, 4) is 0 Å². The van der Waals surface area contributed by atoms with E-state index in [0.717, 1.165) is 23.2 Å². The SMILES string of the molecule is Cc1ccc2c(C(=O)c3cc(F)cc(N)c3F)c[nH]c2c1. The van der Waals surface area contributed by atoms with Crippen LogP contribution in [0.4, 0.5) is 14.5 Å². The van der Waals surface area contributed by atoms with E-state index in [0.29, 0.717) is 5.39 Å². The normalized spacial score (nSPS) is 11.0. The molecule has 0 bridgehead atoms. The van der Waals surface area contributed by atoms with Crippen LogP contribution in [0.3, 0.4) is 0 Å². The molecule has 5 heteroatoms. The summed E-state index contributed by atoms with van der Waals surface area (Å²) in [7, 11) is 0. The van der Waals surface area contributed by atoms with Gasteiger partial charge in [0, 0.05) is 22.7 Å². The van der Waals surface area contributed by atoms with Gasteiger partial charge in [-0.05, 0) is 30.7 Å². The number of anilines is 1. The number of H-pyrrole nitrogens is 1. The second-order valence-electron chi connectivity index (χ2n) is 4.94. The zero-order valence-corrected chi connectivity index (χ0v) is 11.2. The number of carbonyl (C=O) groups is 1. The van der Waals surface area contributed by atoms with Crippen molar-refractivity contribution in [1.29, 1.82) is 0 Å². The van der Waals surface area contributed by atoms with Crippen molar-refractivity contribution < 1.29 is 13.6 Å². The predicted molar refractivity (Wildman–Crippen MR) is 77.2 cm³/mol. The maximum atomic E-state index is 14.0. The lowest BCUT2D eigenvalue weighted by Crippen LogP contribution is -2.07. The van der Waals surface area contributed by atoms with E-state index < -0.39 is 17.4 Å². The van der Waals surface area contributed by atoms with Gasteiger partial charge in [0.1, 0.15) is 5.82 Å². The van der Waals surface area contributed by atoms with Crippen molar-refractivity contribution in [3.63, 3.8) is 0 Å². The third kappa shape index (κ3) is 2.16. The molecule has 0 aliphatic carbocycles. The Morgan fingerprint density at radius 1 is 1.14 bits per heavy atom. The molecule has 0 saturated carbocycles. The molecule has 0 amide bonds. The highest BCUT2D eigenvalue weighted by atomic mass is 19.1. The van der Waals surface area contributed by atoms with Crippen molar-refractivity contribution in [2.24, 2.45) is 0 Å². The molecule has 0 atom stereocenters. The van der Waals surface area contributed by atoms with E-state index in [1.807, 2.05) is 19.1 Å². The molecule has 0 spiro atoms. The number of halogens is 2. The third-order valence-corrected chi connectivity index (χ3v) is 3.39. The summed E-state index contributed by atoms with van der Waals surface area (Å²) in [6.45, 7) is 1.93. The first kappa shape index (κ1) is 13.3. The first-order chi connectivity index (χ1) is 9.97. The summed E-state index contributed by atoms with van der Waals surface area (Å²) in [5, 5.41) is 0.660. The molecular formula is C16H12F2N2O. The first-order valence-electron chi connectivity index (χ1n) is 6.34. The van der Waals surface area contributed by atoms with E-state index in [2.05, 4.69) is 4.98 Å². The average molecular weight is 286 g/mol. The molecule has 3 aromatic rings. The quantitative estimate of drug-likeness (QED) is 0.559. The Kier molecular flexibility index (Phi) is 2.97. The largest absolute Gasteiger partial charge is 0.396 e. The van der Waals surface area contributed by atoms with Crippen LogP contribution >= 0.6 is 0 Å². The van der Waals surface area contributed by atoms with Crippen LogP contribution in [0, 0.1) is 18.6 Å². The van der Waals surface area contributed by atoms with E-state index in [9.17, 15) is 13.6 Å². The molecule has 1 heterocycles. The molecule has 106 valence electrons. The fourth-order valence-corrected chi connectivity index (χ4v) is 2.35. The molecule has 21 heavy (non-hydrogen) atoms. The van der Waals surface area contributed by atoms with E-state index in [1.165, 1.54) is 6.20 Å². The van der Waals surface area contributed by atoms with Crippen molar-refractivity contribution in [2.45, 2.75) is 6.92 Å². The topological polar surface area (TPSA) is 58.9 Å². The number of benzene rings is 2. The highest BCUT2D eigenvalue weighted by Gasteiger charge is 2.20. The number of fused-ring (bicyclic) bond motifs is 1. The van der Waals surface area contributed by atoms with Gasteiger partial charge in [-0.3, -0.25) is 4.79 Å². The summed E-state index contributed by atoms with van der Waals surface area (Å²) in [4.78, 5) is 15.4. The predicted octanol–water partition coefficient (Wildman–Crippen LogP) is 3.57. The van der Waals surface area contributed by atoms with Gasteiger partial charge in [-0.1, -0.05) is 12.1 Å². The van der Waals surface area contributed by atoms with E-state index in [1.54, 1.807) is 6.07 Å². The number of hydrogen-bond acceptors (Lipinski definition) is 2. The maximum absolute atomic E-state index is 14.0. The van der Waals surface area contributed by atoms with Crippen LogP contribution in [0.5, 0.6) is 0 Å². The lowest BCUT2D eigenvalue weighted by molar-refractivity contribution is 0.103. The molecule has 3 nitrogen and oxygen atoms in total. The second-order valence-corrected chi connectivity index (χ2v) is 4.94. The van der Waals surface area contributed by atoms with Crippen LogP contribution in [0.2, 0.25) is 0 Å².